The summed E-state index contributed by atoms with van der Waals surface area (Å²) >= 11 is 0. The first-order valence-corrected chi connectivity index (χ1v) is 16.0. The molecule has 3 fully saturated rings. The van der Waals surface area contributed by atoms with E-state index in [0.717, 1.165) is 50.6 Å². The summed E-state index contributed by atoms with van der Waals surface area (Å²) in [4.78, 5) is 27.4. The van der Waals surface area contributed by atoms with Gasteiger partial charge in [0.25, 0.3) is 0 Å². The average molecular weight is 629 g/mol. The highest BCUT2D eigenvalue weighted by atomic mass is 19.1. The lowest BCUT2D eigenvalue weighted by Crippen LogP contribution is -2.64. The van der Waals surface area contributed by atoms with Gasteiger partial charge in [0.1, 0.15) is 41.1 Å². The second-order valence-electron chi connectivity index (χ2n) is 13.7. The molecule has 3 aliphatic rings. The highest BCUT2D eigenvalue weighted by Gasteiger charge is 2.42. The molecule has 1 amide bonds. The molecule has 11 nitrogen and oxygen atoms in total. The molecule has 3 aliphatic heterocycles. The number of carbonyl (C=O) groups is 1. The third kappa shape index (κ3) is 6.23. The Kier molecular flexibility index (Phi) is 8.02. The van der Waals surface area contributed by atoms with Crippen molar-refractivity contribution in [2.75, 3.05) is 51.5 Å². The van der Waals surface area contributed by atoms with E-state index in [9.17, 15) is 4.79 Å². The number of likely N-dealkylation sites (tertiary alicyclic amines) is 3. The molecule has 0 unspecified atom stereocenters. The molecule has 2 aromatic heterocycles. The molecular formula is C34H41FN8O3. The van der Waals surface area contributed by atoms with Crippen LogP contribution in [0.2, 0.25) is 0 Å². The number of hydrogen-bond acceptors (Lipinski definition) is 9. The first kappa shape index (κ1) is 30.4. The zero-order valence-electron chi connectivity index (χ0n) is 26.6. The SMILES string of the molecule is CC(C)(C)OC(=O)N1CC(CN2CC(N3CC[C@@H](n4nc(-c5ccc(Oc6ccccc6)cc5)c5c(N)ncnc54)[C@H](F)C3)C2)C1. The van der Waals surface area contributed by atoms with Crippen molar-refractivity contribution in [3.63, 3.8) is 0 Å². The minimum atomic E-state index is -1.11. The molecule has 4 aromatic rings. The zero-order valence-corrected chi connectivity index (χ0v) is 26.6. The molecule has 46 heavy (non-hydrogen) atoms. The van der Waals surface area contributed by atoms with E-state index < -0.39 is 17.8 Å². The third-order valence-electron chi connectivity index (χ3n) is 9.06. The molecule has 2 aromatic carbocycles. The highest BCUT2D eigenvalue weighted by molar-refractivity contribution is 5.98. The van der Waals surface area contributed by atoms with Crippen molar-refractivity contribution >= 4 is 22.9 Å². The fourth-order valence-electron chi connectivity index (χ4n) is 6.71. The number of fused-ring (bicyclic) bond motifs is 1. The van der Waals surface area contributed by atoms with Crippen molar-refractivity contribution in [1.29, 1.82) is 0 Å². The minimum absolute atomic E-state index is 0.236. The van der Waals surface area contributed by atoms with Gasteiger partial charge in [-0.2, -0.15) is 5.10 Å². The van der Waals surface area contributed by atoms with E-state index in [-0.39, 0.29) is 6.09 Å². The number of alkyl halides is 1. The Labute approximate surface area is 268 Å². The number of carbonyl (C=O) groups excluding carboxylic acids is 1. The number of halogens is 1. The molecule has 7 rings (SSSR count). The van der Waals surface area contributed by atoms with Gasteiger partial charge >= 0.3 is 6.09 Å². The predicted molar refractivity (Wildman–Crippen MR) is 173 cm³/mol. The van der Waals surface area contributed by atoms with Crippen LogP contribution in [0.1, 0.15) is 33.2 Å². The Morgan fingerprint density at radius 3 is 2.39 bits per heavy atom. The average Bonchev–Trinajstić information content (AvgIpc) is 3.36. The van der Waals surface area contributed by atoms with Gasteiger partial charge in [-0.05, 0) is 63.6 Å². The maximum atomic E-state index is 16.0. The number of hydrogen-bond donors (Lipinski definition) is 1. The van der Waals surface area contributed by atoms with Crippen molar-refractivity contribution in [2.24, 2.45) is 5.92 Å². The largest absolute Gasteiger partial charge is 0.457 e. The van der Waals surface area contributed by atoms with E-state index in [2.05, 4.69) is 19.8 Å². The van der Waals surface area contributed by atoms with Crippen LogP contribution in [0.15, 0.2) is 60.9 Å². The fourth-order valence-corrected chi connectivity index (χ4v) is 6.71. The molecule has 0 bridgehead atoms. The van der Waals surface area contributed by atoms with Gasteiger partial charge in [0, 0.05) is 63.3 Å². The summed E-state index contributed by atoms with van der Waals surface area (Å²) in [5.74, 6) is 2.23. The van der Waals surface area contributed by atoms with Gasteiger partial charge in [0.05, 0.1) is 11.4 Å². The van der Waals surface area contributed by atoms with Crippen molar-refractivity contribution < 1.29 is 18.7 Å². The molecule has 0 spiro atoms. The Bertz CT molecular complexity index is 1680. The Balaban J connectivity index is 0.968. The van der Waals surface area contributed by atoms with Gasteiger partial charge in [-0.3, -0.25) is 9.80 Å². The predicted octanol–water partition coefficient (Wildman–Crippen LogP) is 5.00. The molecule has 3 saturated heterocycles. The molecule has 0 saturated carbocycles. The fraction of sp³-hybridized carbons (Fsp3) is 0.471. The number of nitrogens with zero attached hydrogens (tertiary/aromatic N) is 7. The highest BCUT2D eigenvalue weighted by Crippen LogP contribution is 2.37. The summed E-state index contributed by atoms with van der Waals surface area (Å²) in [5, 5.41) is 5.53. The summed E-state index contributed by atoms with van der Waals surface area (Å²) in [6, 6.07) is 17.1. The van der Waals surface area contributed by atoms with Gasteiger partial charge in [0.2, 0.25) is 0 Å². The van der Waals surface area contributed by atoms with Crippen LogP contribution in [0.5, 0.6) is 11.5 Å². The van der Waals surface area contributed by atoms with Gasteiger partial charge < -0.3 is 20.1 Å². The van der Waals surface area contributed by atoms with Gasteiger partial charge in [-0.1, -0.05) is 18.2 Å². The maximum Gasteiger partial charge on any atom is 0.410 e. The van der Waals surface area contributed by atoms with E-state index in [4.69, 9.17) is 20.3 Å². The van der Waals surface area contributed by atoms with Crippen LogP contribution in [0.25, 0.3) is 22.3 Å². The summed E-state index contributed by atoms with van der Waals surface area (Å²) in [6.45, 7) is 11.0. The number of ether oxygens (including phenoxy) is 2. The normalized spacial score (nSPS) is 21.6. The van der Waals surface area contributed by atoms with Crippen molar-refractivity contribution in [3.05, 3.63) is 60.9 Å². The van der Waals surface area contributed by atoms with Crippen LogP contribution in [-0.4, -0.2) is 104 Å². The van der Waals surface area contributed by atoms with Gasteiger partial charge in [-0.25, -0.2) is 23.8 Å². The monoisotopic (exact) mass is 628 g/mol. The number of nitrogens with two attached hydrogens (primary N) is 1. The van der Waals surface area contributed by atoms with Crippen LogP contribution in [0.3, 0.4) is 0 Å². The standard InChI is InChI=1S/C34H41FN8O3/c1-34(2,3)46-33(44)42-16-22(17-42)15-40-18-24(19-40)41-14-13-28(27(35)20-41)43-32-29(31(36)37-21-38-32)30(39-43)23-9-11-26(12-10-23)45-25-7-5-4-6-8-25/h4-12,21-22,24,27-28H,13-20H2,1-3H3,(H2,36,37,38)/t27-,28-/m1/s1. The number of nitrogen functional groups attached to an aromatic ring is 1. The third-order valence-corrected chi connectivity index (χ3v) is 9.06. The number of amides is 1. The van der Waals surface area contributed by atoms with Crippen LogP contribution in [0, 0.1) is 5.92 Å². The number of anilines is 1. The van der Waals surface area contributed by atoms with E-state index >= 15 is 4.39 Å². The Morgan fingerprint density at radius 2 is 1.70 bits per heavy atom. The Hall–Kier alpha value is -4.29. The van der Waals surface area contributed by atoms with Gasteiger partial charge in [-0.15, -0.1) is 0 Å². The molecule has 0 radical (unpaired) electrons. The lowest BCUT2D eigenvalue weighted by atomic mass is 9.95. The molecule has 2 atom stereocenters. The smallest absolute Gasteiger partial charge is 0.410 e. The maximum absolute atomic E-state index is 16.0. The first-order valence-electron chi connectivity index (χ1n) is 16.0. The molecule has 2 N–H and O–H groups in total. The minimum Gasteiger partial charge on any atom is -0.457 e. The van der Waals surface area contributed by atoms with Crippen molar-refractivity contribution in [1.82, 2.24) is 34.4 Å². The molecule has 5 heterocycles. The van der Waals surface area contributed by atoms with Crippen LogP contribution >= 0.6 is 0 Å². The van der Waals surface area contributed by atoms with Crippen LogP contribution in [0.4, 0.5) is 15.0 Å². The summed E-state index contributed by atoms with van der Waals surface area (Å²) in [7, 11) is 0. The molecule has 0 aliphatic carbocycles. The van der Waals surface area contributed by atoms with E-state index in [1.54, 1.807) is 9.58 Å². The van der Waals surface area contributed by atoms with E-state index in [0.29, 0.717) is 53.2 Å². The van der Waals surface area contributed by atoms with E-state index in [1.165, 1.54) is 6.33 Å². The van der Waals surface area contributed by atoms with Crippen LogP contribution < -0.4 is 10.5 Å². The lowest BCUT2D eigenvalue weighted by Gasteiger charge is -2.50. The quantitative estimate of drug-likeness (QED) is 0.302. The first-order chi connectivity index (χ1) is 22.1. The molecular weight excluding hydrogens is 587 g/mol. The topological polar surface area (TPSA) is 115 Å². The van der Waals surface area contributed by atoms with Gasteiger partial charge in [0.15, 0.2) is 5.65 Å². The number of benzene rings is 2. The summed E-state index contributed by atoms with van der Waals surface area (Å²) < 4.78 is 29.1. The number of piperidine rings is 1. The molecule has 12 heteroatoms. The van der Waals surface area contributed by atoms with Crippen molar-refractivity contribution in [3.8, 4) is 22.8 Å². The van der Waals surface area contributed by atoms with E-state index in [1.807, 2.05) is 75.4 Å². The number of rotatable bonds is 7. The molecule has 242 valence electrons. The second-order valence-corrected chi connectivity index (χ2v) is 13.7. The summed E-state index contributed by atoms with van der Waals surface area (Å²) in [5.41, 5.74) is 7.86. The lowest BCUT2D eigenvalue weighted by molar-refractivity contribution is -0.0378. The number of para-hydroxylation sites is 1. The number of aromatic nitrogens is 4. The second kappa shape index (κ2) is 12.1. The summed E-state index contributed by atoms with van der Waals surface area (Å²) in [6.07, 6.45) is 0.691. The zero-order chi connectivity index (χ0) is 32.0. The van der Waals surface area contributed by atoms with Crippen molar-refractivity contribution in [2.45, 2.75) is 51.0 Å². The van der Waals surface area contributed by atoms with Crippen LogP contribution in [-0.2, 0) is 4.74 Å². The Morgan fingerprint density at radius 1 is 0.978 bits per heavy atom.